The first-order valence-corrected chi connectivity index (χ1v) is 6.57. The Hall–Kier alpha value is -1.22. The number of nitrogens with zero attached hydrogens (tertiary/aromatic N) is 1. The lowest BCUT2D eigenvalue weighted by Gasteiger charge is -2.34. The maximum absolute atomic E-state index is 12.2. The summed E-state index contributed by atoms with van der Waals surface area (Å²) in [6.45, 7) is 0.777. The molecule has 0 radical (unpaired) electrons. The molecule has 18 heavy (non-hydrogen) atoms. The number of carbonyl (C=O) groups excluding carboxylic acids is 1. The molecular weight excluding hydrogens is 250 g/mol. The van der Waals surface area contributed by atoms with E-state index in [1.165, 1.54) is 0 Å². The zero-order chi connectivity index (χ0) is 13.1. The Balaban J connectivity index is 1.96. The summed E-state index contributed by atoms with van der Waals surface area (Å²) in [5.74, 6) is 1.29. The molecule has 0 aliphatic heterocycles. The molecule has 0 unspecified atom stereocenters. The highest BCUT2D eigenvalue weighted by atomic mass is 35.5. The van der Waals surface area contributed by atoms with E-state index in [1.807, 2.05) is 25.2 Å². The Bertz CT molecular complexity index is 430. The Morgan fingerprint density at radius 1 is 1.50 bits per heavy atom. The van der Waals surface area contributed by atoms with E-state index in [9.17, 15) is 4.79 Å². The molecule has 0 spiro atoms. The van der Waals surface area contributed by atoms with Gasteiger partial charge in [-0.3, -0.25) is 4.79 Å². The van der Waals surface area contributed by atoms with Gasteiger partial charge in [-0.1, -0.05) is 6.07 Å². The molecule has 98 valence electrons. The highest BCUT2D eigenvalue weighted by Crippen LogP contribution is 2.32. The zero-order valence-electron chi connectivity index (χ0n) is 10.7. The van der Waals surface area contributed by atoms with Gasteiger partial charge in [0.2, 0.25) is 0 Å². The summed E-state index contributed by atoms with van der Waals surface area (Å²) < 4.78 is 5.12. The fourth-order valence-corrected chi connectivity index (χ4v) is 2.75. The van der Waals surface area contributed by atoms with Gasteiger partial charge in [-0.25, -0.2) is 0 Å². The number of halogens is 1. The van der Waals surface area contributed by atoms with Crippen LogP contribution >= 0.6 is 11.6 Å². The summed E-state index contributed by atoms with van der Waals surface area (Å²) in [4.78, 5) is 14.0. The third-order valence-corrected chi connectivity index (χ3v) is 3.73. The number of carbonyl (C=O) groups is 1. The van der Waals surface area contributed by atoms with Gasteiger partial charge in [0, 0.05) is 24.5 Å². The van der Waals surface area contributed by atoms with Crippen LogP contribution in [-0.4, -0.2) is 36.9 Å². The predicted molar refractivity (Wildman–Crippen MR) is 72.3 cm³/mol. The van der Waals surface area contributed by atoms with Crippen molar-refractivity contribution in [3.8, 4) is 5.75 Å². The van der Waals surface area contributed by atoms with E-state index in [-0.39, 0.29) is 5.91 Å². The van der Waals surface area contributed by atoms with Gasteiger partial charge in [-0.05, 0) is 37.0 Å². The van der Waals surface area contributed by atoms with E-state index in [2.05, 4.69) is 0 Å². The van der Waals surface area contributed by atoms with E-state index < -0.39 is 0 Å². The second-order valence-corrected chi connectivity index (χ2v) is 5.47. The zero-order valence-corrected chi connectivity index (χ0v) is 11.5. The molecule has 0 atom stereocenters. The van der Waals surface area contributed by atoms with Crippen LogP contribution < -0.4 is 4.74 Å². The van der Waals surface area contributed by atoms with Crippen LogP contribution in [0.25, 0.3) is 0 Å². The minimum Gasteiger partial charge on any atom is -0.497 e. The Morgan fingerprint density at radius 2 is 2.22 bits per heavy atom. The van der Waals surface area contributed by atoms with Gasteiger partial charge in [-0.2, -0.15) is 0 Å². The molecule has 1 aliphatic rings. The van der Waals surface area contributed by atoms with Crippen molar-refractivity contribution in [2.45, 2.75) is 18.2 Å². The molecule has 0 aromatic heterocycles. The van der Waals surface area contributed by atoms with Crippen LogP contribution in [-0.2, 0) is 0 Å². The molecule has 1 saturated carbocycles. The van der Waals surface area contributed by atoms with Crippen molar-refractivity contribution >= 4 is 17.5 Å². The Labute approximate surface area is 113 Å². The molecule has 3 nitrogen and oxygen atoms in total. The van der Waals surface area contributed by atoms with Gasteiger partial charge < -0.3 is 9.64 Å². The number of rotatable bonds is 4. The summed E-state index contributed by atoms with van der Waals surface area (Å²) in [7, 11) is 3.44. The maximum Gasteiger partial charge on any atom is 0.253 e. The fraction of sp³-hybridized carbons (Fsp3) is 0.500. The number of methoxy groups -OCH3 is 1. The molecule has 4 heteroatoms. The standard InChI is InChI=1S/C14H18ClNO2/c1-16(9-10-6-12(15)7-10)14(17)11-4-3-5-13(8-11)18-2/h3-5,8,10,12H,6-7,9H2,1-2H3. The molecule has 1 aliphatic carbocycles. The van der Waals surface area contributed by atoms with Crippen molar-refractivity contribution in [3.63, 3.8) is 0 Å². The van der Waals surface area contributed by atoms with Crippen LogP contribution in [0.4, 0.5) is 0 Å². The average Bonchev–Trinajstić information content (AvgIpc) is 2.36. The lowest BCUT2D eigenvalue weighted by atomic mass is 9.84. The molecule has 1 aromatic rings. The monoisotopic (exact) mass is 267 g/mol. The first kappa shape index (κ1) is 13.2. The number of ether oxygens (including phenoxy) is 1. The molecule has 1 amide bonds. The smallest absolute Gasteiger partial charge is 0.253 e. The minimum atomic E-state index is 0.0342. The van der Waals surface area contributed by atoms with Crippen molar-refractivity contribution in [2.75, 3.05) is 20.7 Å². The van der Waals surface area contributed by atoms with E-state index in [0.717, 1.165) is 19.4 Å². The molecule has 0 heterocycles. The number of amides is 1. The molecule has 2 rings (SSSR count). The average molecular weight is 268 g/mol. The number of hydrogen-bond acceptors (Lipinski definition) is 2. The van der Waals surface area contributed by atoms with Gasteiger partial charge in [0.05, 0.1) is 7.11 Å². The van der Waals surface area contributed by atoms with E-state index in [1.54, 1.807) is 18.1 Å². The topological polar surface area (TPSA) is 29.5 Å². The van der Waals surface area contributed by atoms with Crippen LogP contribution in [0.2, 0.25) is 0 Å². The fourth-order valence-electron chi connectivity index (χ4n) is 2.25. The second kappa shape index (κ2) is 5.61. The SMILES string of the molecule is COc1cccc(C(=O)N(C)CC2CC(Cl)C2)c1. The van der Waals surface area contributed by atoms with Gasteiger partial charge in [0.25, 0.3) is 5.91 Å². The van der Waals surface area contributed by atoms with Crippen molar-refractivity contribution in [1.29, 1.82) is 0 Å². The number of benzene rings is 1. The van der Waals surface area contributed by atoms with Crippen LogP contribution in [0.3, 0.4) is 0 Å². The predicted octanol–water partition coefficient (Wildman–Crippen LogP) is 2.78. The largest absolute Gasteiger partial charge is 0.497 e. The molecular formula is C14H18ClNO2. The molecule has 1 aromatic carbocycles. The summed E-state index contributed by atoms with van der Waals surface area (Å²) in [5.41, 5.74) is 0.665. The van der Waals surface area contributed by atoms with Crippen LogP contribution in [0.1, 0.15) is 23.2 Å². The third kappa shape index (κ3) is 2.96. The first-order chi connectivity index (χ1) is 8.60. The normalized spacial score (nSPS) is 22.2. The summed E-state index contributed by atoms with van der Waals surface area (Å²) in [5, 5.41) is 0.301. The van der Waals surface area contributed by atoms with E-state index >= 15 is 0 Å². The number of alkyl halides is 1. The first-order valence-electron chi connectivity index (χ1n) is 6.13. The summed E-state index contributed by atoms with van der Waals surface area (Å²) >= 11 is 5.94. The number of hydrogen-bond donors (Lipinski definition) is 0. The van der Waals surface area contributed by atoms with Crippen molar-refractivity contribution in [3.05, 3.63) is 29.8 Å². The van der Waals surface area contributed by atoms with Gasteiger partial charge in [-0.15, -0.1) is 11.6 Å². The van der Waals surface area contributed by atoms with Crippen molar-refractivity contribution < 1.29 is 9.53 Å². The lowest BCUT2D eigenvalue weighted by molar-refractivity contribution is 0.0746. The molecule has 1 fully saturated rings. The van der Waals surface area contributed by atoms with Crippen molar-refractivity contribution in [1.82, 2.24) is 4.90 Å². The third-order valence-electron chi connectivity index (χ3n) is 3.37. The molecule has 0 N–H and O–H groups in total. The highest BCUT2D eigenvalue weighted by Gasteiger charge is 2.29. The summed E-state index contributed by atoms with van der Waals surface area (Å²) in [6, 6.07) is 7.25. The maximum atomic E-state index is 12.2. The highest BCUT2D eigenvalue weighted by molar-refractivity contribution is 6.21. The van der Waals surface area contributed by atoms with Crippen LogP contribution in [0.5, 0.6) is 5.75 Å². The van der Waals surface area contributed by atoms with Crippen LogP contribution in [0.15, 0.2) is 24.3 Å². The lowest BCUT2D eigenvalue weighted by Crippen LogP contribution is -2.37. The van der Waals surface area contributed by atoms with Gasteiger partial charge in [0.1, 0.15) is 5.75 Å². The van der Waals surface area contributed by atoms with Gasteiger partial charge in [0.15, 0.2) is 0 Å². The van der Waals surface area contributed by atoms with Crippen molar-refractivity contribution in [2.24, 2.45) is 5.92 Å². The Kier molecular flexibility index (Phi) is 4.12. The molecule has 0 saturated heterocycles. The Morgan fingerprint density at radius 3 is 2.83 bits per heavy atom. The second-order valence-electron chi connectivity index (χ2n) is 4.85. The molecule has 0 bridgehead atoms. The van der Waals surface area contributed by atoms with E-state index in [4.69, 9.17) is 16.3 Å². The summed E-state index contributed by atoms with van der Waals surface area (Å²) in [6.07, 6.45) is 2.02. The van der Waals surface area contributed by atoms with Gasteiger partial charge >= 0.3 is 0 Å². The minimum absolute atomic E-state index is 0.0342. The van der Waals surface area contributed by atoms with Crippen LogP contribution in [0, 0.1) is 5.92 Å². The quantitative estimate of drug-likeness (QED) is 0.785. The van der Waals surface area contributed by atoms with E-state index in [0.29, 0.717) is 22.6 Å².